The second-order valence-corrected chi connectivity index (χ2v) is 12.9. The molecule has 4 aromatic rings. The van der Waals surface area contributed by atoms with Crippen molar-refractivity contribution in [1.29, 1.82) is 0 Å². The molecule has 0 heterocycles. The summed E-state index contributed by atoms with van der Waals surface area (Å²) >= 11 is 6.03. The van der Waals surface area contributed by atoms with Crippen molar-refractivity contribution in [3.05, 3.63) is 136 Å². The summed E-state index contributed by atoms with van der Waals surface area (Å²) in [5.74, 6) is -0.205. The van der Waals surface area contributed by atoms with Crippen LogP contribution in [0, 0.1) is 0 Å². The molecule has 44 heavy (non-hydrogen) atoms. The van der Waals surface area contributed by atoms with Crippen molar-refractivity contribution in [3.63, 3.8) is 0 Å². The highest BCUT2D eigenvalue weighted by molar-refractivity contribution is 7.88. The number of carbonyl (C=O) groups is 2. The van der Waals surface area contributed by atoms with Crippen molar-refractivity contribution >= 4 is 33.4 Å². The van der Waals surface area contributed by atoms with E-state index in [0.717, 1.165) is 32.8 Å². The van der Waals surface area contributed by atoms with Gasteiger partial charge >= 0.3 is 0 Å². The van der Waals surface area contributed by atoms with Crippen LogP contribution in [0.4, 0.5) is 0 Å². The lowest BCUT2D eigenvalue weighted by atomic mass is 10.0. The normalized spacial score (nSPS) is 12.0. The number of rotatable bonds is 14. The van der Waals surface area contributed by atoms with Gasteiger partial charge in [-0.2, -0.15) is 4.31 Å². The molecule has 0 aliphatic heterocycles. The maximum absolute atomic E-state index is 14.2. The number of benzene rings is 4. The van der Waals surface area contributed by atoms with Crippen molar-refractivity contribution in [2.75, 3.05) is 19.9 Å². The molecule has 0 unspecified atom stereocenters. The van der Waals surface area contributed by atoms with Crippen LogP contribution < -0.4 is 10.1 Å². The summed E-state index contributed by atoms with van der Waals surface area (Å²) in [6, 6.07) is 31.9. The van der Waals surface area contributed by atoms with Gasteiger partial charge in [-0.25, -0.2) is 8.42 Å². The Morgan fingerprint density at radius 1 is 0.773 bits per heavy atom. The van der Waals surface area contributed by atoms with Crippen LogP contribution in [0.15, 0.2) is 109 Å². The van der Waals surface area contributed by atoms with Gasteiger partial charge in [0.05, 0.1) is 19.9 Å². The lowest BCUT2D eigenvalue weighted by Crippen LogP contribution is -2.53. The first-order valence-corrected chi connectivity index (χ1v) is 16.3. The van der Waals surface area contributed by atoms with E-state index in [1.807, 2.05) is 72.8 Å². The molecule has 0 saturated heterocycles. The van der Waals surface area contributed by atoms with Gasteiger partial charge in [0.2, 0.25) is 21.8 Å². The van der Waals surface area contributed by atoms with E-state index in [9.17, 15) is 18.0 Å². The van der Waals surface area contributed by atoms with Crippen LogP contribution in [0.3, 0.4) is 0 Å². The van der Waals surface area contributed by atoms with Crippen LogP contribution in [0.1, 0.15) is 22.3 Å². The molecule has 230 valence electrons. The first-order chi connectivity index (χ1) is 21.1. The van der Waals surface area contributed by atoms with Crippen molar-refractivity contribution in [2.24, 2.45) is 0 Å². The zero-order valence-corrected chi connectivity index (χ0v) is 26.3. The molecule has 0 saturated carbocycles. The third kappa shape index (κ3) is 9.67. The molecule has 1 atom stereocenters. The largest absolute Gasteiger partial charge is 0.497 e. The third-order valence-corrected chi connectivity index (χ3v) is 8.59. The second-order valence-electron chi connectivity index (χ2n) is 10.4. The predicted octanol–water partition coefficient (Wildman–Crippen LogP) is 5.07. The number of nitrogens with one attached hydrogen (secondary N) is 1. The van der Waals surface area contributed by atoms with Crippen LogP contribution >= 0.6 is 11.6 Å². The number of amides is 2. The van der Waals surface area contributed by atoms with E-state index in [4.69, 9.17) is 16.3 Å². The quantitative estimate of drug-likeness (QED) is 0.209. The summed E-state index contributed by atoms with van der Waals surface area (Å²) < 4.78 is 32.1. The van der Waals surface area contributed by atoms with Gasteiger partial charge in [-0.05, 0) is 46.5 Å². The summed E-state index contributed by atoms with van der Waals surface area (Å²) in [4.78, 5) is 29.5. The molecule has 0 radical (unpaired) electrons. The number of methoxy groups -OCH3 is 1. The topological polar surface area (TPSA) is 96.0 Å². The molecule has 0 fully saturated rings. The minimum Gasteiger partial charge on any atom is -0.497 e. The van der Waals surface area contributed by atoms with Gasteiger partial charge in [-0.15, -0.1) is 0 Å². The van der Waals surface area contributed by atoms with Gasteiger partial charge < -0.3 is 15.0 Å². The van der Waals surface area contributed by atoms with E-state index in [1.54, 1.807) is 43.5 Å². The van der Waals surface area contributed by atoms with Crippen molar-refractivity contribution in [3.8, 4) is 5.75 Å². The van der Waals surface area contributed by atoms with E-state index in [2.05, 4.69) is 5.32 Å². The summed E-state index contributed by atoms with van der Waals surface area (Å²) in [5.41, 5.74) is 3.21. The highest BCUT2D eigenvalue weighted by Gasteiger charge is 2.33. The molecule has 8 nitrogen and oxygen atoms in total. The zero-order chi connectivity index (χ0) is 31.5. The Labute approximate surface area is 264 Å². The number of hydrogen-bond acceptors (Lipinski definition) is 5. The number of nitrogens with zero attached hydrogens (tertiary/aromatic N) is 2. The molecular weight excluding hydrogens is 598 g/mol. The molecule has 0 aliphatic rings. The molecule has 0 aromatic heterocycles. The van der Waals surface area contributed by atoms with Crippen LogP contribution in [-0.4, -0.2) is 55.4 Å². The number of carbonyl (C=O) groups excluding carboxylic acids is 2. The van der Waals surface area contributed by atoms with Gasteiger partial charge in [-0.1, -0.05) is 96.5 Å². The molecule has 1 N–H and O–H groups in total. The summed E-state index contributed by atoms with van der Waals surface area (Å²) in [5, 5.41) is 3.56. The van der Waals surface area contributed by atoms with Crippen LogP contribution in [0.2, 0.25) is 5.02 Å². The third-order valence-electron chi connectivity index (χ3n) is 7.15. The number of ether oxygens (including phenoxy) is 1. The first-order valence-electron chi connectivity index (χ1n) is 14.1. The molecule has 0 spiro atoms. The molecule has 4 aromatic carbocycles. The minimum absolute atomic E-state index is 0.0217. The number of hydrogen-bond donors (Lipinski definition) is 1. The van der Waals surface area contributed by atoms with E-state index in [1.165, 1.54) is 4.90 Å². The molecule has 2 amide bonds. The highest BCUT2D eigenvalue weighted by Crippen LogP contribution is 2.19. The van der Waals surface area contributed by atoms with Crippen LogP contribution in [0.5, 0.6) is 5.75 Å². The van der Waals surface area contributed by atoms with Gasteiger partial charge in [-0.3, -0.25) is 9.59 Å². The lowest BCUT2D eigenvalue weighted by Gasteiger charge is -2.33. The summed E-state index contributed by atoms with van der Waals surface area (Å²) in [6.07, 6.45) is 1.31. The molecule has 0 bridgehead atoms. The lowest BCUT2D eigenvalue weighted by molar-refractivity contribution is -0.141. The average molecular weight is 634 g/mol. The Morgan fingerprint density at radius 2 is 1.32 bits per heavy atom. The Morgan fingerprint density at radius 3 is 1.89 bits per heavy atom. The van der Waals surface area contributed by atoms with Crippen molar-refractivity contribution < 1.29 is 22.7 Å². The Bertz CT molecular complexity index is 1620. The van der Waals surface area contributed by atoms with Gasteiger partial charge in [0.1, 0.15) is 11.8 Å². The molecular formula is C34H36ClN3O5S. The van der Waals surface area contributed by atoms with Gasteiger partial charge in [0.25, 0.3) is 0 Å². The number of sulfonamides is 1. The summed E-state index contributed by atoms with van der Waals surface area (Å²) in [7, 11) is -2.20. The maximum Gasteiger partial charge on any atom is 0.243 e. The second kappa shape index (κ2) is 15.5. The summed E-state index contributed by atoms with van der Waals surface area (Å²) in [6.45, 7) is -0.0967. The highest BCUT2D eigenvalue weighted by atomic mass is 35.5. The Kier molecular flexibility index (Phi) is 11.5. The predicted molar refractivity (Wildman–Crippen MR) is 172 cm³/mol. The molecule has 4 rings (SSSR count). The van der Waals surface area contributed by atoms with E-state index < -0.39 is 28.5 Å². The smallest absolute Gasteiger partial charge is 0.243 e. The fraction of sp³-hybridized carbons (Fsp3) is 0.235. The van der Waals surface area contributed by atoms with Crippen molar-refractivity contribution in [1.82, 2.24) is 14.5 Å². The Balaban J connectivity index is 1.68. The van der Waals surface area contributed by atoms with Crippen molar-refractivity contribution in [2.45, 2.75) is 32.1 Å². The van der Waals surface area contributed by atoms with E-state index in [0.29, 0.717) is 10.8 Å². The van der Waals surface area contributed by atoms with Crippen LogP contribution in [0.25, 0.3) is 0 Å². The number of halogens is 1. The SMILES string of the molecule is COc1ccc(CN(C(=O)CN(Cc2ccccc2)S(C)(=O)=O)[C@H](Cc2ccccc2)C(=O)NCc2ccc(Cl)cc2)cc1. The minimum atomic E-state index is -3.77. The fourth-order valence-corrected chi connectivity index (χ4v) is 5.56. The maximum atomic E-state index is 14.2. The molecule has 0 aliphatic carbocycles. The van der Waals surface area contributed by atoms with E-state index >= 15 is 0 Å². The monoisotopic (exact) mass is 633 g/mol. The fourth-order valence-electron chi connectivity index (χ4n) is 4.71. The van der Waals surface area contributed by atoms with Crippen LogP contribution in [-0.2, 0) is 45.7 Å². The average Bonchev–Trinajstić information content (AvgIpc) is 3.02. The Hall–Kier alpha value is -4.18. The van der Waals surface area contributed by atoms with Gasteiger partial charge in [0, 0.05) is 31.1 Å². The first kappa shape index (κ1) is 32.7. The van der Waals surface area contributed by atoms with E-state index in [-0.39, 0.29) is 32.0 Å². The molecule has 10 heteroatoms. The zero-order valence-electron chi connectivity index (χ0n) is 24.7. The van der Waals surface area contributed by atoms with Gasteiger partial charge in [0.15, 0.2) is 0 Å². The standard InChI is InChI=1S/C34H36ClN3O5S/c1-43-31-19-15-29(16-20-31)24-38(33(39)25-37(44(2,41)42)23-28-11-7-4-8-12-28)32(21-26-9-5-3-6-10-26)34(40)36-22-27-13-17-30(35)18-14-27/h3-20,32H,21-25H2,1-2H3,(H,36,40)/t32-/m1/s1.